The average molecular weight is 246 g/mol. The molecule has 1 atom stereocenters. The number of aromatic nitrogens is 1. The molecule has 1 aromatic rings. The summed E-state index contributed by atoms with van der Waals surface area (Å²) in [6.45, 7) is 3.65. The summed E-state index contributed by atoms with van der Waals surface area (Å²) in [5.41, 5.74) is 3.39. The van der Waals surface area contributed by atoms with Gasteiger partial charge in [0.25, 0.3) is 0 Å². The molecule has 82 valence electrons. The van der Waals surface area contributed by atoms with E-state index in [1.165, 1.54) is 0 Å². The Labute approximate surface area is 99.3 Å². The van der Waals surface area contributed by atoms with Gasteiger partial charge in [-0.1, -0.05) is 29.3 Å². The van der Waals surface area contributed by atoms with Gasteiger partial charge in [0.2, 0.25) is 0 Å². The van der Waals surface area contributed by atoms with Gasteiger partial charge in [0.05, 0.1) is 21.8 Å². The lowest BCUT2D eigenvalue weighted by Gasteiger charge is -2.15. The Hall–Kier alpha value is -0.610. The van der Waals surface area contributed by atoms with E-state index >= 15 is 0 Å². The smallest absolute Gasteiger partial charge is 0.0773 e. The second-order valence-electron chi connectivity index (χ2n) is 3.11. The Morgan fingerprint density at radius 3 is 2.87 bits per heavy atom. The van der Waals surface area contributed by atoms with Crippen LogP contribution >= 0.6 is 23.2 Å². The minimum absolute atomic E-state index is 0.0761. The number of hydrogen-bond donors (Lipinski definition) is 2. The van der Waals surface area contributed by atoms with Gasteiger partial charge in [-0.3, -0.25) is 16.3 Å². The Kier molecular flexibility index (Phi) is 5.05. The molecule has 3 nitrogen and oxygen atoms in total. The van der Waals surface area contributed by atoms with Crippen molar-refractivity contribution >= 4 is 23.2 Å². The van der Waals surface area contributed by atoms with Crippen LogP contribution in [0.25, 0.3) is 0 Å². The topological polar surface area (TPSA) is 50.9 Å². The highest BCUT2D eigenvalue weighted by Crippen LogP contribution is 2.25. The third kappa shape index (κ3) is 3.47. The molecule has 3 N–H and O–H groups in total. The highest BCUT2D eigenvalue weighted by atomic mass is 35.5. The Bertz CT molecular complexity index is 341. The molecule has 1 unspecified atom stereocenters. The molecule has 15 heavy (non-hydrogen) atoms. The number of nitrogens with zero attached hydrogens (tertiary/aromatic N) is 1. The summed E-state index contributed by atoms with van der Waals surface area (Å²) in [5.74, 6) is 5.44. The van der Waals surface area contributed by atoms with E-state index < -0.39 is 0 Å². The van der Waals surface area contributed by atoms with Gasteiger partial charge < -0.3 is 0 Å². The molecule has 0 aliphatic rings. The third-order valence-corrected chi connectivity index (χ3v) is 2.54. The standard InChI is InChI=1S/C10H13Cl2N3/c1-2-3-4-9(15-13)10-8(12)5-7(11)6-14-10/h2,5-6,9,15H,1,3-4,13H2. The first-order valence-corrected chi connectivity index (χ1v) is 5.32. The minimum atomic E-state index is -0.0761. The van der Waals surface area contributed by atoms with Gasteiger partial charge in [-0.05, 0) is 18.9 Å². The zero-order valence-electron chi connectivity index (χ0n) is 8.21. The van der Waals surface area contributed by atoms with Gasteiger partial charge in [0.15, 0.2) is 0 Å². The molecular weight excluding hydrogens is 233 g/mol. The van der Waals surface area contributed by atoms with E-state index in [-0.39, 0.29) is 6.04 Å². The second-order valence-corrected chi connectivity index (χ2v) is 3.95. The first-order chi connectivity index (χ1) is 7.19. The molecule has 5 heteroatoms. The Morgan fingerprint density at radius 2 is 2.33 bits per heavy atom. The van der Waals surface area contributed by atoms with Crippen molar-refractivity contribution in [3.8, 4) is 0 Å². The first-order valence-electron chi connectivity index (χ1n) is 4.57. The zero-order chi connectivity index (χ0) is 11.3. The van der Waals surface area contributed by atoms with Crippen LogP contribution in [-0.4, -0.2) is 4.98 Å². The molecule has 1 rings (SSSR count). The normalized spacial score (nSPS) is 12.5. The highest BCUT2D eigenvalue weighted by molar-refractivity contribution is 6.34. The van der Waals surface area contributed by atoms with Crippen LogP contribution in [0, 0.1) is 0 Å². The van der Waals surface area contributed by atoms with E-state index in [1.807, 2.05) is 6.08 Å². The first kappa shape index (κ1) is 12.5. The van der Waals surface area contributed by atoms with Crippen molar-refractivity contribution in [1.82, 2.24) is 10.4 Å². The fraction of sp³-hybridized carbons (Fsp3) is 0.300. The molecule has 0 radical (unpaired) electrons. The molecule has 0 saturated heterocycles. The monoisotopic (exact) mass is 245 g/mol. The molecule has 0 spiro atoms. The van der Waals surface area contributed by atoms with Crippen molar-refractivity contribution in [1.29, 1.82) is 0 Å². The SMILES string of the molecule is C=CCCC(NN)c1ncc(Cl)cc1Cl. The predicted molar refractivity (Wildman–Crippen MR) is 63.8 cm³/mol. The molecule has 0 aliphatic carbocycles. The van der Waals surface area contributed by atoms with Crippen LogP contribution in [-0.2, 0) is 0 Å². The number of hydrazine groups is 1. The molecule has 0 aliphatic heterocycles. The largest absolute Gasteiger partial charge is 0.271 e. The third-order valence-electron chi connectivity index (χ3n) is 2.03. The van der Waals surface area contributed by atoms with Crippen LogP contribution < -0.4 is 11.3 Å². The zero-order valence-corrected chi connectivity index (χ0v) is 9.72. The van der Waals surface area contributed by atoms with Crippen molar-refractivity contribution in [3.63, 3.8) is 0 Å². The van der Waals surface area contributed by atoms with Crippen molar-refractivity contribution < 1.29 is 0 Å². The summed E-state index contributed by atoms with van der Waals surface area (Å²) in [7, 11) is 0. The van der Waals surface area contributed by atoms with E-state index in [2.05, 4.69) is 17.0 Å². The molecule has 0 fully saturated rings. The predicted octanol–water partition coefficient (Wildman–Crippen LogP) is 2.86. The van der Waals surface area contributed by atoms with Gasteiger partial charge in [0, 0.05) is 6.20 Å². The van der Waals surface area contributed by atoms with Crippen molar-refractivity contribution in [2.24, 2.45) is 5.84 Å². The number of pyridine rings is 1. The molecule has 1 heterocycles. The summed E-state index contributed by atoms with van der Waals surface area (Å²) in [6.07, 6.45) is 5.03. The van der Waals surface area contributed by atoms with E-state index in [1.54, 1.807) is 12.3 Å². The van der Waals surface area contributed by atoms with Crippen LogP contribution in [0.1, 0.15) is 24.6 Å². The number of nitrogens with two attached hydrogens (primary N) is 1. The molecular formula is C10H13Cl2N3. The number of rotatable bonds is 5. The van der Waals surface area contributed by atoms with Gasteiger partial charge in [0.1, 0.15) is 0 Å². The van der Waals surface area contributed by atoms with Gasteiger partial charge >= 0.3 is 0 Å². The highest BCUT2D eigenvalue weighted by Gasteiger charge is 2.14. The Balaban J connectivity index is 2.86. The number of halogens is 2. The molecule has 0 aromatic carbocycles. The van der Waals surface area contributed by atoms with Crippen LogP contribution in [0.15, 0.2) is 24.9 Å². The minimum Gasteiger partial charge on any atom is -0.271 e. The van der Waals surface area contributed by atoms with Crippen molar-refractivity contribution in [2.45, 2.75) is 18.9 Å². The fourth-order valence-corrected chi connectivity index (χ4v) is 1.78. The van der Waals surface area contributed by atoms with E-state index in [0.717, 1.165) is 12.8 Å². The van der Waals surface area contributed by atoms with Crippen molar-refractivity contribution in [2.75, 3.05) is 0 Å². The van der Waals surface area contributed by atoms with Crippen LogP contribution in [0.3, 0.4) is 0 Å². The van der Waals surface area contributed by atoms with Crippen LogP contribution in [0.2, 0.25) is 10.0 Å². The fourth-order valence-electron chi connectivity index (χ4n) is 1.27. The maximum absolute atomic E-state index is 6.01. The number of allylic oxidation sites excluding steroid dienone is 1. The quantitative estimate of drug-likeness (QED) is 0.477. The summed E-state index contributed by atoms with van der Waals surface area (Å²) in [4.78, 5) is 4.16. The summed E-state index contributed by atoms with van der Waals surface area (Å²) in [6, 6.07) is 1.58. The summed E-state index contributed by atoms with van der Waals surface area (Å²) < 4.78 is 0. The lowest BCUT2D eigenvalue weighted by molar-refractivity contribution is 0.509. The summed E-state index contributed by atoms with van der Waals surface area (Å²) in [5, 5.41) is 1.04. The molecule has 0 saturated carbocycles. The Morgan fingerprint density at radius 1 is 1.60 bits per heavy atom. The number of hydrogen-bond acceptors (Lipinski definition) is 3. The lowest BCUT2D eigenvalue weighted by atomic mass is 10.1. The van der Waals surface area contributed by atoms with Crippen LogP contribution in [0.4, 0.5) is 0 Å². The lowest BCUT2D eigenvalue weighted by Crippen LogP contribution is -2.28. The van der Waals surface area contributed by atoms with E-state index in [0.29, 0.717) is 15.7 Å². The van der Waals surface area contributed by atoms with E-state index in [4.69, 9.17) is 29.0 Å². The molecule has 0 bridgehead atoms. The maximum Gasteiger partial charge on any atom is 0.0773 e. The summed E-state index contributed by atoms with van der Waals surface area (Å²) >= 11 is 11.8. The maximum atomic E-state index is 6.01. The average Bonchev–Trinajstić information content (AvgIpc) is 2.21. The van der Waals surface area contributed by atoms with Crippen molar-refractivity contribution in [3.05, 3.63) is 40.7 Å². The van der Waals surface area contributed by atoms with E-state index in [9.17, 15) is 0 Å². The number of nitrogens with one attached hydrogen (secondary N) is 1. The van der Waals surface area contributed by atoms with Crippen LogP contribution in [0.5, 0.6) is 0 Å². The van der Waals surface area contributed by atoms with Gasteiger partial charge in [-0.25, -0.2) is 0 Å². The van der Waals surface area contributed by atoms with Gasteiger partial charge in [-0.15, -0.1) is 6.58 Å². The van der Waals surface area contributed by atoms with Gasteiger partial charge in [-0.2, -0.15) is 0 Å². The molecule has 1 aromatic heterocycles. The molecule has 0 amide bonds. The second kappa shape index (κ2) is 6.08.